The van der Waals surface area contributed by atoms with Gasteiger partial charge in [0.1, 0.15) is 5.75 Å². The second-order valence-electron chi connectivity index (χ2n) is 6.68. The van der Waals surface area contributed by atoms with E-state index in [1.807, 2.05) is 0 Å². The van der Waals surface area contributed by atoms with E-state index in [1.165, 1.54) is 24.8 Å². The number of nitrogens with one attached hydrogen (secondary N) is 1. The summed E-state index contributed by atoms with van der Waals surface area (Å²) in [5, 5.41) is 3.56. The van der Waals surface area contributed by atoms with Crippen molar-refractivity contribution in [1.82, 2.24) is 5.32 Å². The Morgan fingerprint density at radius 3 is 2.70 bits per heavy atom. The Kier molecular flexibility index (Phi) is 5.50. The SMILES string of the molecule is CC(C)(C)c1ccc(OCC[C@@H]2CCCCN2)c(Br)c1. The van der Waals surface area contributed by atoms with E-state index < -0.39 is 0 Å². The Morgan fingerprint density at radius 2 is 2.10 bits per heavy atom. The quantitative estimate of drug-likeness (QED) is 0.861. The fourth-order valence-electron chi connectivity index (χ4n) is 2.57. The van der Waals surface area contributed by atoms with Gasteiger partial charge in [-0.3, -0.25) is 0 Å². The van der Waals surface area contributed by atoms with Gasteiger partial charge in [-0.1, -0.05) is 33.3 Å². The van der Waals surface area contributed by atoms with Gasteiger partial charge in [0, 0.05) is 6.04 Å². The highest BCUT2D eigenvalue weighted by atomic mass is 79.9. The maximum atomic E-state index is 5.92. The molecule has 112 valence electrons. The van der Waals surface area contributed by atoms with Crippen LogP contribution in [0, 0.1) is 0 Å². The predicted octanol–water partition coefficient (Wildman–Crippen LogP) is 4.66. The minimum Gasteiger partial charge on any atom is -0.492 e. The maximum Gasteiger partial charge on any atom is 0.133 e. The Hall–Kier alpha value is -0.540. The molecule has 1 N–H and O–H groups in total. The van der Waals surface area contributed by atoms with Gasteiger partial charge in [-0.15, -0.1) is 0 Å². The molecule has 1 fully saturated rings. The van der Waals surface area contributed by atoms with Crippen molar-refractivity contribution in [2.75, 3.05) is 13.2 Å². The van der Waals surface area contributed by atoms with Crippen LogP contribution < -0.4 is 10.1 Å². The van der Waals surface area contributed by atoms with E-state index in [4.69, 9.17) is 4.74 Å². The van der Waals surface area contributed by atoms with Crippen LogP contribution >= 0.6 is 15.9 Å². The van der Waals surface area contributed by atoms with Crippen molar-refractivity contribution < 1.29 is 4.74 Å². The van der Waals surface area contributed by atoms with E-state index in [0.29, 0.717) is 6.04 Å². The van der Waals surface area contributed by atoms with Crippen LogP contribution in [0.3, 0.4) is 0 Å². The first-order valence-corrected chi connectivity index (χ1v) is 8.42. The van der Waals surface area contributed by atoms with Gasteiger partial charge in [-0.05, 0) is 64.8 Å². The highest BCUT2D eigenvalue weighted by Crippen LogP contribution is 2.31. The van der Waals surface area contributed by atoms with E-state index in [0.717, 1.165) is 29.8 Å². The highest BCUT2D eigenvalue weighted by molar-refractivity contribution is 9.10. The molecule has 1 aliphatic heterocycles. The van der Waals surface area contributed by atoms with Crippen LogP contribution in [0.2, 0.25) is 0 Å². The normalized spacial score (nSPS) is 19.9. The van der Waals surface area contributed by atoms with Crippen molar-refractivity contribution in [3.63, 3.8) is 0 Å². The minimum absolute atomic E-state index is 0.174. The molecule has 0 amide bonds. The monoisotopic (exact) mass is 339 g/mol. The topological polar surface area (TPSA) is 21.3 Å². The molecule has 0 unspecified atom stereocenters. The van der Waals surface area contributed by atoms with Crippen LogP contribution in [0.5, 0.6) is 5.75 Å². The van der Waals surface area contributed by atoms with Crippen molar-refractivity contribution >= 4 is 15.9 Å². The zero-order valence-electron chi connectivity index (χ0n) is 12.8. The van der Waals surface area contributed by atoms with Crippen LogP contribution in [-0.2, 0) is 5.41 Å². The molecule has 0 bridgehead atoms. The van der Waals surface area contributed by atoms with Gasteiger partial charge in [0.25, 0.3) is 0 Å². The van der Waals surface area contributed by atoms with Gasteiger partial charge in [0.2, 0.25) is 0 Å². The summed E-state index contributed by atoms with van der Waals surface area (Å²) in [7, 11) is 0. The number of piperidine rings is 1. The van der Waals surface area contributed by atoms with Gasteiger partial charge in [0.15, 0.2) is 0 Å². The number of rotatable bonds is 4. The molecule has 0 saturated carbocycles. The molecule has 0 aliphatic carbocycles. The van der Waals surface area contributed by atoms with Crippen LogP contribution in [-0.4, -0.2) is 19.2 Å². The second-order valence-corrected chi connectivity index (χ2v) is 7.53. The molecule has 1 heterocycles. The molecule has 20 heavy (non-hydrogen) atoms. The molecule has 0 radical (unpaired) electrons. The van der Waals surface area contributed by atoms with Crippen molar-refractivity contribution in [1.29, 1.82) is 0 Å². The fourth-order valence-corrected chi connectivity index (χ4v) is 3.06. The average molecular weight is 340 g/mol. The Labute approximate surface area is 131 Å². The lowest BCUT2D eigenvalue weighted by Crippen LogP contribution is -2.35. The maximum absolute atomic E-state index is 5.92. The molecule has 1 aromatic rings. The van der Waals surface area contributed by atoms with Crippen LogP contribution in [0.15, 0.2) is 22.7 Å². The lowest BCUT2D eigenvalue weighted by molar-refractivity contribution is 0.267. The van der Waals surface area contributed by atoms with Crippen LogP contribution in [0.4, 0.5) is 0 Å². The van der Waals surface area contributed by atoms with E-state index in [1.54, 1.807) is 0 Å². The first-order valence-electron chi connectivity index (χ1n) is 7.63. The van der Waals surface area contributed by atoms with E-state index >= 15 is 0 Å². The second kappa shape index (κ2) is 6.95. The van der Waals surface area contributed by atoms with E-state index in [9.17, 15) is 0 Å². The Bertz CT molecular complexity index is 433. The Morgan fingerprint density at radius 1 is 1.30 bits per heavy atom. The predicted molar refractivity (Wildman–Crippen MR) is 88.6 cm³/mol. The standard InChI is InChI=1S/C17H26BrNO/c1-17(2,3)13-7-8-16(15(18)12-13)20-11-9-14-6-4-5-10-19-14/h7-8,12,14,19H,4-6,9-11H2,1-3H3/t14-/m0/s1. The smallest absolute Gasteiger partial charge is 0.133 e. The van der Waals surface area contributed by atoms with Crippen LogP contribution in [0.25, 0.3) is 0 Å². The highest BCUT2D eigenvalue weighted by Gasteiger charge is 2.16. The molecule has 2 rings (SSSR count). The summed E-state index contributed by atoms with van der Waals surface area (Å²) >= 11 is 3.63. The van der Waals surface area contributed by atoms with Gasteiger partial charge in [-0.2, -0.15) is 0 Å². The van der Waals surface area contributed by atoms with Gasteiger partial charge < -0.3 is 10.1 Å². The molecule has 0 aromatic heterocycles. The molecular formula is C17H26BrNO. The number of hydrogen-bond donors (Lipinski definition) is 1. The largest absolute Gasteiger partial charge is 0.492 e. The first kappa shape index (κ1) is 15.8. The number of ether oxygens (including phenoxy) is 1. The number of hydrogen-bond acceptors (Lipinski definition) is 2. The summed E-state index contributed by atoms with van der Waals surface area (Å²) in [6, 6.07) is 7.06. The van der Waals surface area contributed by atoms with Crippen LogP contribution in [0.1, 0.15) is 52.0 Å². The number of benzene rings is 1. The molecule has 3 heteroatoms. The van der Waals surface area contributed by atoms with Crippen molar-refractivity contribution in [2.24, 2.45) is 0 Å². The molecule has 1 atom stereocenters. The molecule has 1 saturated heterocycles. The van der Waals surface area contributed by atoms with Gasteiger partial charge in [-0.25, -0.2) is 0 Å². The van der Waals surface area contributed by atoms with E-state index in [2.05, 4.69) is 60.2 Å². The first-order chi connectivity index (χ1) is 9.47. The summed E-state index contributed by atoms with van der Waals surface area (Å²) < 4.78 is 6.98. The Balaban J connectivity index is 1.86. The summed E-state index contributed by atoms with van der Waals surface area (Å²) in [5.74, 6) is 0.953. The fraction of sp³-hybridized carbons (Fsp3) is 0.647. The average Bonchev–Trinajstić information content (AvgIpc) is 2.40. The lowest BCUT2D eigenvalue weighted by Gasteiger charge is -2.24. The molecule has 1 aliphatic rings. The summed E-state index contributed by atoms with van der Waals surface area (Å²) in [5.41, 5.74) is 1.50. The molecular weight excluding hydrogens is 314 g/mol. The third-order valence-corrected chi connectivity index (χ3v) is 4.55. The third kappa shape index (κ3) is 4.49. The number of halogens is 1. The zero-order chi connectivity index (χ0) is 14.6. The zero-order valence-corrected chi connectivity index (χ0v) is 14.4. The van der Waals surface area contributed by atoms with Crippen molar-refractivity contribution in [3.8, 4) is 5.75 Å². The third-order valence-electron chi connectivity index (χ3n) is 3.93. The summed E-state index contributed by atoms with van der Waals surface area (Å²) in [6.07, 6.45) is 5.04. The van der Waals surface area contributed by atoms with Crippen molar-refractivity contribution in [2.45, 2.75) is 57.9 Å². The molecule has 0 spiro atoms. The lowest BCUT2D eigenvalue weighted by atomic mass is 9.87. The minimum atomic E-state index is 0.174. The van der Waals surface area contributed by atoms with Crippen molar-refractivity contribution in [3.05, 3.63) is 28.2 Å². The summed E-state index contributed by atoms with van der Waals surface area (Å²) in [6.45, 7) is 8.62. The molecule has 1 aromatic carbocycles. The van der Waals surface area contributed by atoms with Gasteiger partial charge in [0.05, 0.1) is 11.1 Å². The van der Waals surface area contributed by atoms with Gasteiger partial charge >= 0.3 is 0 Å². The molecule has 2 nitrogen and oxygen atoms in total. The summed E-state index contributed by atoms with van der Waals surface area (Å²) in [4.78, 5) is 0. The van der Waals surface area contributed by atoms with E-state index in [-0.39, 0.29) is 5.41 Å².